The van der Waals surface area contributed by atoms with Gasteiger partial charge in [-0.15, -0.1) is 0 Å². The summed E-state index contributed by atoms with van der Waals surface area (Å²) in [7, 11) is 0. The highest BCUT2D eigenvalue weighted by atomic mass is 14.9. The fraction of sp³-hybridized carbons (Fsp3) is 0. The molecule has 0 bridgehead atoms. The molecule has 0 spiro atoms. The number of nitrogens with zero attached hydrogens (tertiary/aromatic N) is 4. The average molecular weight is 789 g/mol. The molecule has 2 heterocycles. The van der Waals surface area contributed by atoms with Crippen LogP contribution in [0.25, 0.3) is 122 Å². The SMILES string of the molecule is c1ccc(-c2ccc(-c3nc(-c4ccc5cc(-c6nc(-c7ccc(-c8ccccc8)c8ccccc78)c7ccccc7n6)ccc5c4)c4ccccc4n3)c3ccccc23)cc1. The van der Waals surface area contributed by atoms with Gasteiger partial charge in [-0.3, -0.25) is 0 Å². The van der Waals surface area contributed by atoms with E-state index in [0.29, 0.717) is 11.6 Å². The van der Waals surface area contributed by atoms with Crippen LogP contribution in [0.1, 0.15) is 0 Å². The molecule has 62 heavy (non-hydrogen) atoms. The minimum absolute atomic E-state index is 0.692. The molecule has 0 amide bonds. The number of rotatable bonds is 6. The van der Waals surface area contributed by atoms with Gasteiger partial charge in [-0.1, -0.05) is 188 Å². The monoisotopic (exact) mass is 788 g/mol. The number of fused-ring (bicyclic) bond motifs is 5. The highest BCUT2D eigenvalue weighted by molar-refractivity contribution is 6.09. The van der Waals surface area contributed by atoms with E-state index < -0.39 is 0 Å². The van der Waals surface area contributed by atoms with Crippen LogP contribution in [-0.2, 0) is 0 Å². The van der Waals surface area contributed by atoms with E-state index in [1.165, 1.54) is 33.0 Å². The third kappa shape index (κ3) is 6.08. The Morgan fingerprint density at radius 2 is 0.629 bits per heavy atom. The highest BCUT2D eigenvalue weighted by Gasteiger charge is 2.18. The van der Waals surface area contributed by atoms with E-state index in [9.17, 15) is 0 Å². The predicted molar refractivity (Wildman–Crippen MR) is 258 cm³/mol. The predicted octanol–water partition coefficient (Wildman–Crippen LogP) is 15.0. The summed E-state index contributed by atoms with van der Waals surface area (Å²) in [6.07, 6.45) is 0. The number of hydrogen-bond donors (Lipinski definition) is 0. The van der Waals surface area contributed by atoms with E-state index in [4.69, 9.17) is 19.9 Å². The molecule has 0 atom stereocenters. The fourth-order valence-corrected chi connectivity index (χ4v) is 9.10. The minimum atomic E-state index is 0.692. The Morgan fingerprint density at radius 3 is 1.23 bits per heavy atom. The van der Waals surface area contributed by atoms with Gasteiger partial charge in [0.1, 0.15) is 0 Å². The number of aromatic nitrogens is 4. The van der Waals surface area contributed by atoms with Crippen molar-refractivity contribution in [3.8, 4) is 67.5 Å². The lowest BCUT2D eigenvalue weighted by Gasteiger charge is -2.15. The van der Waals surface area contributed by atoms with Gasteiger partial charge in [0, 0.05) is 33.0 Å². The molecule has 0 aliphatic heterocycles. The topological polar surface area (TPSA) is 51.6 Å². The second-order valence-corrected chi connectivity index (χ2v) is 15.7. The molecule has 4 heteroatoms. The maximum atomic E-state index is 5.35. The van der Waals surface area contributed by atoms with E-state index >= 15 is 0 Å². The van der Waals surface area contributed by atoms with Gasteiger partial charge in [0.05, 0.1) is 22.4 Å². The van der Waals surface area contributed by atoms with Gasteiger partial charge in [-0.25, -0.2) is 19.9 Å². The number of hydrogen-bond acceptors (Lipinski definition) is 4. The molecule has 12 rings (SSSR count). The van der Waals surface area contributed by atoms with E-state index in [1.54, 1.807) is 0 Å². The van der Waals surface area contributed by atoms with Gasteiger partial charge in [0.2, 0.25) is 0 Å². The van der Waals surface area contributed by atoms with Gasteiger partial charge < -0.3 is 0 Å². The van der Waals surface area contributed by atoms with Gasteiger partial charge in [0.25, 0.3) is 0 Å². The molecule has 0 unspecified atom stereocenters. The summed E-state index contributed by atoms with van der Waals surface area (Å²) in [4.78, 5) is 21.0. The van der Waals surface area contributed by atoms with E-state index in [-0.39, 0.29) is 0 Å². The highest BCUT2D eigenvalue weighted by Crippen LogP contribution is 2.40. The summed E-state index contributed by atoms with van der Waals surface area (Å²) >= 11 is 0. The van der Waals surface area contributed by atoms with Gasteiger partial charge in [0.15, 0.2) is 11.6 Å². The Labute approximate surface area is 358 Å². The van der Waals surface area contributed by atoms with E-state index in [0.717, 1.165) is 77.0 Å². The second-order valence-electron chi connectivity index (χ2n) is 15.7. The lowest BCUT2D eigenvalue weighted by Crippen LogP contribution is -1.97. The smallest absolute Gasteiger partial charge is 0.161 e. The Morgan fingerprint density at radius 1 is 0.226 bits per heavy atom. The van der Waals surface area contributed by atoms with Crippen molar-refractivity contribution in [2.45, 2.75) is 0 Å². The van der Waals surface area contributed by atoms with Gasteiger partial charge in [-0.2, -0.15) is 0 Å². The normalized spacial score (nSPS) is 11.5. The summed E-state index contributed by atoms with van der Waals surface area (Å²) in [5.74, 6) is 1.40. The van der Waals surface area contributed by atoms with Crippen LogP contribution < -0.4 is 0 Å². The first kappa shape index (κ1) is 35.6. The third-order valence-electron chi connectivity index (χ3n) is 12.1. The fourth-order valence-electron chi connectivity index (χ4n) is 9.10. The van der Waals surface area contributed by atoms with Crippen molar-refractivity contribution >= 4 is 54.1 Å². The van der Waals surface area contributed by atoms with Crippen molar-refractivity contribution in [3.05, 3.63) is 218 Å². The van der Waals surface area contributed by atoms with Gasteiger partial charge >= 0.3 is 0 Å². The van der Waals surface area contributed by atoms with E-state index in [1.807, 2.05) is 12.1 Å². The van der Waals surface area contributed by atoms with E-state index in [2.05, 4.69) is 206 Å². The van der Waals surface area contributed by atoms with Crippen LogP contribution in [0, 0.1) is 0 Å². The van der Waals surface area contributed by atoms with Crippen molar-refractivity contribution in [2.75, 3.05) is 0 Å². The molecule has 0 N–H and O–H groups in total. The molecule has 0 aliphatic carbocycles. The van der Waals surface area contributed by atoms with Gasteiger partial charge in [-0.05, 0) is 84.9 Å². The largest absolute Gasteiger partial charge is 0.228 e. The molecule has 0 saturated carbocycles. The molecule has 0 radical (unpaired) electrons. The molecule has 10 aromatic carbocycles. The standard InChI is InChI=1S/C58H36N4/c1-3-15-37(16-4-1)43-31-33-49(47-21-9-7-19-45(43)47)56-52-24-12-14-26-54(52)59-57(62-56)42-30-28-39-35-41(29-27-40(39)36-42)55-51-23-11-13-25-53(51)60-58(61-55)50-34-32-44(38-17-5-2-6-18-38)46-20-8-10-22-48(46)50/h1-36H. The quantitative estimate of drug-likeness (QED) is 0.168. The molecule has 12 aromatic rings. The zero-order valence-electron chi connectivity index (χ0n) is 33.6. The second kappa shape index (κ2) is 14.7. The molecule has 4 nitrogen and oxygen atoms in total. The average Bonchev–Trinajstić information content (AvgIpc) is 3.35. The van der Waals surface area contributed by atoms with Crippen LogP contribution in [0.3, 0.4) is 0 Å². The molecule has 2 aromatic heterocycles. The Bertz CT molecular complexity index is 3690. The van der Waals surface area contributed by atoms with Crippen molar-refractivity contribution in [3.63, 3.8) is 0 Å². The van der Waals surface area contributed by atoms with Crippen LogP contribution in [-0.4, -0.2) is 19.9 Å². The van der Waals surface area contributed by atoms with Crippen LogP contribution in [0.4, 0.5) is 0 Å². The van der Waals surface area contributed by atoms with Crippen LogP contribution in [0.2, 0.25) is 0 Å². The minimum Gasteiger partial charge on any atom is -0.228 e. The van der Waals surface area contributed by atoms with Crippen molar-refractivity contribution < 1.29 is 0 Å². The summed E-state index contributed by atoms with van der Waals surface area (Å²) in [6, 6.07) is 76.9. The first-order valence-electron chi connectivity index (χ1n) is 21.0. The first-order chi connectivity index (χ1) is 30.7. The zero-order valence-corrected chi connectivity index (χ0v) is 33.6. The third-order valence-corrected chi connectivity index (χ3v) is 12.1. The first-order valence-corrected chi connectivity index (χ1v) is 21.0. The lowest BCUT2D eigenvalue weighted by molar-refractivity contribution is 1.23. The van der Waals surface area contributed by atoms with Crippen molar-refractivity contribution in [1.29, 1.82) is 0 Å². The molecule has 0 saturated heterocycles. The summed E-state index contributed by atoms with van der Waals surface area (Å²) in [6.45, 7) is 0. The maximum absolute atomic E-state index is 5.35. The maximum Gasteiger partial charge on any atom is 0.161 e. The summed E-state index contributed by atoms with van der Waals surface area (Å²) in [5.41, 5.74) is 12.5. The number of para-hydroxylation sites is 2. The van der Waals surface area contributed by atoms with Crippen LogP contribution >= 0.6 is 0 Å². The Kier molecular flexibility index (Phi) is 8.46. The zero-order chi connectivity index (χ0) is 41.0. The molecule has 0 aliphatic rings. The molecular formula is C58H36N4. The van der Waals surface area contributed by atoms with Crippen LogP contribution in [0.5, 0.6) is 0 Å². The molecule has 288 valence electrons. The van der Waals surface area contributed by atoms with Crippen LogP contribution in [0.15, 0.2) is 218 Å². The lowest BCUT2D eigenvalue weighted by atomic mass is 9.92. The number of benzene rings is 10. The Balaban J connectivity index is 0.961. The summed E-state index contributed by atoms with van der Waals surface area (Å²) < 4.78 is 0. The Hall–Kier alpha value is -8.34. The molecular weight excluding hydrogens is 753 g/mol. The van der Waals surface area contributed by atoms with Crippen molar-refractivity contribution in [1.82, 2.24) is 19.9 Å². The summed E-state index contributed by atoms with van der Waals surface area (Å²) in [5, 5.41) is 8.90. The molecule has 0 fully saturated rings. The van der Waals surface area contributed by atoms with Crippen molar-refractivity contribution in [2.24, 2.45) is 0 Å².